The van der Waals surface area contributed by atoms with E-state index in [2.05, 4.69) is 40.7 Å². The first kappa shape index (κ1) is 23.4. The molecule has 0 saturated heterocycles. The molecule has 3 N–H and O–H groups in total. The lowest BCUT2D eigenvalue weighted by molar-refractivity contribution is -0.133. The number of allylic oxidation sites excluding steroid dienone is 1. The fraction of sp³-hybridized carbons (Fsp3) is 0.889. The van der Waals surface area contributed by atoms with E-state index in [-0.39, 0.29) is 16.7 Å². The Balaban J connectivity index is 1.57. The molecule has 0 aromatic rings. The average molecular weight is 433 g/mol. The van der Waals surface area contributed by atoms with Gasteiger partial charge in [0.25, 0.3) is 0 Å². The highest BCUT2D eigenvalue weighted by Gasteiger charge is 2.60. The summed E-state index contributed by atoms with van der Waals surface area (Å²) in [5, 5.41) is 31.8. The number of fused-ring (bicyclic) bond motifs is 5. The first-order chi connectivity index (χ1) is 14.5. The van der Waals surface area contributed by atoms with Crippen LogP contribution in [0.25, 0.3) is 0 Å². The summed E-state index contributed by atoms with van der Waals surface area (Å²) in [5.74, 6) is 2.66. The van der Waals surface area contributed by atoms with E-state index in [9.17, 15) is 20.1 Å². The van der Waals surface area contributed by atoms with E-state index in [4.69, 9.17) is 0 Å². The van der Waals surface area contributed by atoms with Crippen molar-refractivity contribution in [2.24, 2.45) is 46.3 Å². The molecule has 4 aliphatic rings. The molecule has 0 aliphatic heterocycles. The van der Waals surface area contributed by atoms with E-state index in [0.717, 1.165) is 19.3 Å². The maximum absolute atomic E-state index is 12.5. The van der Waals surface area contributed by atoms with Crippen LogP contribution in [-0.4, -0.2) is 39.4 Å². The molecule has 31 heavy (non-hydrogen) atoms. The van der Waals surface area contributed by atoms with Crippen LogP contribution in [0.3, 0.4) is 0 Å². The predicted octanol–water partition coefficient (Wildman–Crippen LogP) is 4.51. The summed E-state index contributed by atoms with van der Waals surface area (Å²) in [7, 11) is 0. The molecule has 3 fully saturated rings. The molecule has 4 aliphatic carbocycles. The van der Waals surface area contributed by atoms with Crippen molar-refractivity contribution in [2.45, 2.75) is 104 Å². The number of carbonyl (C=O) groups excluding carboxylic acids is 1. The molecular formula is C27H44O4. The summed E-state index contributed by atoms with van der Waals surface area (Å²) in [6.07, 6.45) is 7.18. The number of ketones is 1. The minimum Gasteiger partial charge on any atom is -0.390 e. The Bertz CT molecular complexity index is 729. The number of hydrogen-bond acceptors (Lipinski definition) is 4. The van der Waals surface area contributed by atoms with Crippen molar-refractivity contribution in [3.63, 3.8) is 0 Å². The van der Waals surface area contributed by atoms with Gasteiger partial charge in [-0.25, -0.2) is 0 Å². The van der Waals surface area contributed by atoms with Crippen LogP contribution < -0.4 is 0 Å². The van der Waals surface area contributed by atoms with Crippen molar-refractivity contribution in [2.75, 3.05) is 0 Å². The van der Waals surface area contributed by atoms with Crippen molar-refractivity contribution < 1.29 is 20.1 Å². The van der Waals surface area contributed by atoms with Gasteiger partial charge in [0, 0.05) is 12.8 Å². The molecule has 0 amide bonds. The smallest absolute Gasteiger partial charge is 0.133 e. The molecule has 0 bridgehead atoms. The van der Waals surface area contributed by atoms with Crippen molar-refractivity contribution >= 4 is 5.78 Å². The van der Waals surface area contributed by atoms with E-state index in [1.807, 2.05) is 0 Å². The molecule has 4 heteroatoms. The molecule has 3 saturated carbocycles. The third-order valence-corrected chi connectivity index (χ3v) is 10.1. The fourth-order valence-electron chi connectivity index (χ4n) is 8.62. The zero-order valence-corrected chi connectivity index (χ0v) is 20.2. The SMILES string of the molecule is CC(C)CC(=O)C[C@H](C)[C@@H]1CC[C@@H]2C3=C[C@@H](O)[C@@H]4C[C@H](O)[C@H](O)C[C@@]4(C)[C@@H]3CC[C@]21C. The first-order valence-corrected chi connectivity index (χ1v) is 12.7. The van der Waals surface area contributed by atoms with Gasteiger partial charge in [0.05, 0.1) is 18.3 Å². The van der Waals surface area contributed by atoms with Crippen LogP contribution in [0.2, 0.25) is 0 Å². The lowest BCUT2D eigenvalue weighted by atomic mass is 9.47. The molecule has 0 aromatic carbocycles. The Morgan fingerprint density at radius 2 is 1.68 bits per heavy atom. The van der Waals surface area contributed by atoms with E-state index in [1.54, 1.807) is 0 Å². The monoisotopic (exact) mass is 432 g/mol. The zero-order valence-electron chi connectivity index (χ0n) is 20.2. The highest BCUT2D eigenvalue weighted by molar-refractivity contribution is 5.78. The summed E-state index contributed by atoms with van der Waals surface area (Å²) < 4.78 is 0. The third-order valence-electron chi connectivity index (χ3n) is 10.1. The van der Waals surface area contributed by atoms with Gasteiger partial charge >= 0.3 is 0 Å². The summed E-state index contributed by atoms with van der Waals surface area (Å²) in [6.45, 7) is 11.2. The third kappa shape index (κ3) is 3.85. The molecule has 0 unspecified atom stereocenters. The molecule has 0 heterocycles. The summed E-state index contributed by atoms with van der Waals surface area (Å²) >= 11 is 0. The number of Topliss-reactive ketones (excluding diaryl/α,β-unsaturated/α-hetero) is 1. The second-order valence-electron chi connectivity index (χ2n) is 12.5. The predicted molar refractivity (Wildman–Crippen MR) is 122 cm³/mol. The Morgan fingerprint density at radius 1 is 1.00 bits per heavy atom. The Hall–Kier alpha value is -0.710. The van der Waals surface area contributed by atoms with Crippen LogP contribution >= 0.6 is 0 Å². The number of rotatable bonds is 5. The number of aliphatic hydroxyl groups is 3. The van der Waals surface area contributed by atoms with Crippen LogP contribution in [0, 0.1) is 46.3 Å². The van der Waals surface area contributed by atoms with Gasteiger partial charge in [0.15, 0.2) is 0 Å². The highest BCUT2D eigenvalue weighted by atomic mass is 16.3. The maximum Gasteiger partial charge on any atom is 0.133 e. The average Bonchev–Trinajstić information content (AvgIpc) is 3.01. The normalized spacial score (nSPS) is 47.9. The van der Waals surface area contributed by atoms with Gasteiger partial charge in [-0.2, -0.15) is 0 Å². The van der Waals surface area contributed by atoms with Crippen molar-refractivity contribution in [3.05, 3.63) is 11.6 Å². The van der Waals surface area contributed by atoms with Gasteiger partial charge in [-0.1, -0.05) is 46.3 Å². The highest BCUT2D eigenvalue weighted by Crippen LogP contribution is 2.66. The number of hydrogen-bond donors (Lipinski definition) is 3. The van der Waals surface area contributed by atoms with Crippen LogP contribution in [0.5, 0.6) is 0 Å². The minimum absolute atomic E-state index is 0.0220. The van der Waals surface area contributed by atoms with Crippen LogP contribution in [0.15, 0.2) is 11.6 Å². The Kier molecular flexibility index (Phi) is 6.24. The van der Waals surface area contributed by atoms with Gasteiger partial charge in [-0.15, -0.1) is 0 Å². The minimum atomic E-state index is -0.725. The van der Waals surface area contributed by atoms with Gasteiger partial charge in [0.2, 0.25) is 0 Å². The summed E-state index contributed by atoms with van der Waals surface area (Å²) in [6, 6.07) is 0. The topological polar surface area (TPSA) is 77.8 Å². The van der Waals surface area contributed by atoms with Crippen molar-refractivity contribution in [1.29, 1.82) is 0 Å². The van der Waals surface area contributed by atoms with Crippen molar-refractivity contribution in [1.82, 2.24) is 0 Å². The molecule has 4 nitrogen and oxygen atoms in total. The lowest BCUT2D eigenvalue weighted by Crippen LogP contribution is -2.56. The van der Waals surface area contributed by atoms with Gasteiger partial charge < -0.3 is 15.3 Å². The largest absolute Gasteiger partial charge is 0.390 e. The molecule has 176 valence electrons. The van der Waals surface area contributed by atoms with Crippen LogP contribution in [-0.2, 0) is 4.79 Å². The Labute approximate surface area is 188 Å². The molecule has 0 spiro atoms. The molecule has 0 radical (unpaired) electrons. The van der Waals surface area contributed by atoms with E-state index < -0.39 is 18.3 Å². The zero-order chi connectivity index (χ0) is 22.7. The summed E-state index contributed by atoms with van der Waals surface area (Å²) in [5.41, 5.74) is 1.46. The molecular weight excluding hydrogens is 388 g/mol. The number of carbonyl (C=O) groups is 1. The first-order valence-electron chi connectivity index (χ1n) is 12.7. The van der Waals surface area contributed by atoms with E-state index in [1.165, 1.54) is 12.0 Å². The molecule has 10 atom stereocenters. The van der Waals surface area contributed by atoms with Crippen LogP contribution in [0.4, 0.5) is 0 Å². The van der Waals surface area contributed by atoms with Gasteiger partial charge in [0.1, 0.15) is 5.78 Å². The van der Waals surface area contributed by atoms with Gasteiger partial charge in [-0.05, 0) is 84.9 Å². The lowest BCUT2D eigenvalue weighted by Gasteiger charge is -2.59. The van der Waals surface area contributed by atoms with E-state index >= 15 is 0 Å². The Morgan fingerprint density at radius 3 is 2.35 bits per heavy atom. The quantitative estimate of drug-likeness (QED) is 0.559. The van der Waals surface area contributed by atoms with E-state index in [0.29, 0.717) is 61.1 Å². The fourth-order valence-corrected chi connectivity index (χ4v) is 8.62. The summed E-state index contributed by atoms with van der Waals surface area (Å²) in [4.78, 5) is 12.5. The molecule has 0 aromatic heterocycles. The van der Waals surface area contributed by atoms with Gasteiger partial charge in [-0.3, -0.25) is 4.79 Å². The van der Waals surface area contributed by atoms with Crippen LogP contribution in [0.1, 0.15) is 86.0 Å². The second-order valence-corrected chi connectivity index (χ2v) is 12.5. The second kappa shape index (κ2) is 8.25. The maximum atomic E-state index is 12.5. The number of aliphatic hydroxyl groups excluding tert-OH is 3. The molecule has 4 rings (SSSR count). The standard InChI is InChI=1S/C27H44O4/c1-15(2)10-17(28)11-16(3)19-6-7-20-18-12-23(29)22-13-24(30)25(31)14-27(22,5)21(18)8-9-26(19,20)4/h12,15-16,19-25,29-31H,6-11,13-14H2,1-5H3/t16-,19-,20+,21+,22-,23+,24-,25+,26-,27-/m0/s1. The van der Waals surface area contributed by atoms with Crippen molar-refractivity contribution in [3.8, 4) is 0 Å².